The fourth-order valence-corrected chi connectivity index (χ4v) is 11.0. The molecule has 4 unspecified atom stereocenters. The van der Waals surface area contributed by atoms with E-state index in [1.807, 2.05) is 140 Å². The van der Waals surface area contributed by atoms with Crippen LogP contribution in [0.4, 0.5) is 19.2 Å². The lowest BCUT2D eigenvalue weighted by molar-refractivity contribution is -0.133. The highest BCUT2D eigenvalue weighted by atomic mass is 16.6. The Bertz CT molecular complexity index is 3490. The normalized spacial score (nSPS) is 13.4. The fraction of sp³-hybridized carbons (Fsp3) is 0.453. The molecule has 0 saturated carbocycles. The van der Waals surface area contributed by atoms with Crippen LogP contribution in [-0.4, -0.2) is 153 Å². The summed E-state index contributed by atoms with van der Waals surface area (Å²) in [4.78, 5) is 140. The van der Waals surface area contributed by atoms with E-state index in [1.54, 1.807) is 62.3 Å². The van der Waals surface area contributed by atoms with Crippen LogP contribution >= 0.6 is 0 Å². The molecule has 0 aromatic heterocycles. The molecule has 0 heterocycles. The second kappa shape index (κ2) is 38.3. The lowest BCUT2D eigenvalue weighted by atomic mass is 9.80. The molecule has 5 aromatic rings. The Kier molecular flexibility index (Phi) is 30.2. The first-order valence-electron chi connectivity index (χ1n) is 34.0. The summed E-state index contributed by atoms with van der Waals surface area (Å²) >= 11 is 0. The van der Waals surface area contributed by atoms with E-state index >= 15 is 0 Å². The number of carbonyl (C=O) groups is 10. The average Bonchev–Trinajstić information content (AvgIpc) is 1.76. The molecule has 26 nitrogen and oxygen atoms in total. The minimum atomic E-state index is -1.43. The van der Waals surface area contributed by atoms with Gasteiger partial charge in [0.2, 0.25) is 29.5 Å². The number of nitrogens with two attached hydrogens (primary N) is 1. The molecule has 0 bridgehead atoms. The van der Waals surface area contributed by atoms with Gasteiger partial charge in [-0.15, -0.1) is 0 Å². The number of guanidine groups is 1. The molecule has 0 fully saturated rings. The monoisotopic (exact) mass is 1390 g/mol. The van der Waals surface area contributed by atoms with E-state index in [1.165, 1.54) is 6.92 Å². The average molecular weight is 1390 g/mol. The Morgan fingerprint density at radius 1 is 0.446 bits per heavy atom. The van der Waals surface area contributed by atoms with Crippen molar-refractivity contribution in [1.82, 2.24) is 47.9 Å². The van der Waals surface area contributed by atoms with Crippen LogP contribution in [0, 0.1) is 0 Å². The number of ether oxygens (including phenoxy) is 5. The Labute approximate surface area is 590 Å². The highest BCUT2D eigenvalue weighted by molar-refractivity contribution is 5.96. The van der Waals surface area contributed by atoms with Crippen molar-refractivity contribution in [2.45, 2.75) is 173 Å². The summed E-state index contributed by atoms with van der Waals surface area (Å²) in [5.74, 6) is -5.11. The van der Waals surface area contributed by atoms with Crippen molar-refractivity contribution in [3.05, 3.63) is 167 Å². The molecule has 0 aliphatic heterocycles. The number of ketones is 1. The minimum absolute atomic E-state index is 0.00594. The third-order valence-electron chi connectivity index (χ3n) is 15.7. The van der Waals surface area contributed by atoms with Gasteiger partial charge in [0, 0.05) is 25.6 Å². The molecule has 26 heteroatoms. The SMILES string of the molecule is CC(=O)C(COC(c1ccccc1)(c1ccccc1)c1ccccc1)NC(=O)CNC(=O)CNC(=O)C(CCCN=C(N)NC(=O)OC(C)(C)C)NC(=O)C(CCCCNC(=O)OC(C)(C)C)NC(=O)C(CCCCNC(=O)OC(C)(C)C)NC(=O)OCC1c2ccccc2-c2ccccc21. The van der Waals surface area contributed by atoms with Crippen LogP contribution in [0.3, 0.4) is 0 Å². The van der Waals surface area contributed by atoms with E-state index in [0.29, 0.717) is 12.8 Å². The molecule has 544 valence electrons. The molecule has 0 radical (unpaired) electrons. The summed E-state index contributed by atoms with van der Waals surface area (Å²) in [5.41, 5.74) is 8.64. The van der Waals surface area contributed by atoms with Crippen LogP contribution in [0.5, 0.6) is 0 Å². The quantitative estimate of drug-likeness (QED) is 0.00610. The van der Waals surface area contributed by atoms with Crippen molar-refractivity contribution in [2.75, 3.05) is 45.9 Å². The number of alkyl carbamates (subject to hydrolysis) is 4. The fourth-order valence-electron chi connectivity index (χ4n) is 11.0. The van der Waals surface area contributed by atoms with Gasteiger partial charge in [-0.3, -0.25) is 39.1 Å². The highest BCUT2D eigenvalue weighted by Crippen LogP contribution is 2.45. The number of hydrogen-bond donors (Lipinski definition) is 10. The first-order chi connectivity index (χ1) is 47.9. The third-order valence-corrected chi connectivity index (χ3v) is 15.7. The number of rotatable bonds is 34. The molecule has 101 heavy (non-hydrogen) atoms. The van der Waals surface area contributed by atoms with Gasteiger partial charge in [-0.05, 0) is 160 Å². The van der Waals surface area contributed by atoms with Crippen molar-refractivity contribution < 1.29 is 71.6 Å². The van der Waals surface area contributed by atoms with Crippen molar-refractivity contribution in [3.8, 4) is 11.1 Å². The maximum atomic E-state index is 14.8. The number of amides is 9. The Hall–Kier alpha value is -10.4. The summed E-state index contributed by atoms with van der Waals surface area (Å²) in [6.07, 6.45) is -2.12. The topological polar surface area (TPSA) is 363 Å². The first-order valence-corrected chi connectivity index (χ1v) is 34.0. The van der Waals surface area contributed by atoms with E-state index in [0.717, 1.165) is 38.9 Å². The van der Waals surface area contributed by atoms with Gasteiger partial charge in [-0.1, -0.05) is 140 Å². The molecular weight excluding hydrogens is 1290 g/mol. The van der Waals surface area contributed by atoms with Crippen LogP contribution in [0.25, 0.3) is 11.1 Å². The smallest absolute Gasteiger partial charge is 0.414 e. The Balaban J connectivity index is 1.18. The largest absolute Gasteiger partial charge is 0.449 e. The lowest BCUT2D eigenvalue weighted by Crippen LogP contribution is -2.57. The van der Waals surface area contributed by atoms with Gasteiger partial charge in [0.05, 0.1) is 19.7 Å². The third kappa shape index (κ3) is 26.7. The molecule has 0 spiro atoms. The summed E-state index contributed by atoms with van der Waals surface area (Å²) in [6, 6.07) is 38.6. The molecule has 9 amide bonds. The second-order valence-corrected chi connectivity index (χ2v) is 27.3. The van der Waals surface area contributed by atoms with Crippen molar-refractivity contribution in [2.24, 2.45) is 10.7 Å². The van der Waals surface area contributed by atoms with Crippen molar-refractivity contribution in [3.63, 3.8) is 0 Å². The zero-order valence-electron chi connectivity index (χ0n) is 59.4. The van der Waals surface area contributed by atoms with Crippen LogP contribution in [0.2, 0.25) is 0 Å². The predicted molar refractivity (Wildman–Crippen MR) is 381 cm³/mol. The number of fused-ring (bicyclic) bond motifs is 3. The zero-order chi connectivity index (χ0) is 73.8. The number of carbonyl (C=O) groups excluding carboxylic acids is 10. The van der Waals surface area contributed by atoms with Crippen LogP contribution in [0.1, 0.15) is 154 Å². The van der Waals surface area contributed by atoms with Crippen LogP contribution in [-0.2, 0) is 58.1 Å². The Morgan fingerprint density at radius 2 is 0.861 bits per heavy atom. The standard InChI is InChI=1S/C75H99N11O15/c1-49(87)61(48-98-75(50-29-14-11-15-30-50,51-31-16-12-17-32-51)52-33-18-13-19-34-52)82-63(89)46-80-62(88)45-81-64(90)58(41-28-44-77-67(76)86-71(96)101-74(8,9)10)83-65(91)59(39-24-26-42-78-68(93)99-72(2,3)4)84-66(92)60(40-25-27-43-79-69(94)100-73(5,6)7)85-70(95)97-47-57-55-37-22-20-35-53(55)54-36-21-23-38-56(54)57/h11-23,29-38,57-61H,24-28,39-48H2,1-10H3,(H,78,93)(H,79,94)(H,80,88)(H,81,90)(H,82,89)(H,83,91)(H,84,92)(H,85,95)(H3,76,77,86,96). The maximum absolute atomic E-state index is 14.8. The molecule has 6 rings (SSSR count). The van der Waals surface area contributed by atoms with Gasteiger partial charge in [-0.2, -0.15) is 0 Å². The summed E-state index contributed by atoms with van der Waals surface area (Å²) < 4.78 is 28.7. The van der Waals surface area contributed by atoms with Gasteiger partial charge in [0.1, 0.15) is 53.2 Å². The second-order valence-electron chi connectivity index (χ2n) is 27.3. The number of Topliss-reactive ketones (excluding diaryl/α,β-unsaturated/α-hetero) is 1. The van der Waals surface area contributed by atoms with Crippen LogP contribution in [0.15, 0.2) is 145 Å². The van der Waals surface area contributed by atoms with E-state index in [2.05, 4.69) is 52.8 Å². The molecule has 1 aliphatic rings. The molecule has 5 aromatic carbocycles. The molecule has 0 saturated heterocycles. The highest BCUT2D eigenvalue weighted by Gasteiger charge is 2.39. The summed E-state index contributed by atoms with van der Waals surface area (Å²) in [6.45, 7) is 15.1. The molecule has 1 aliphatic carbocycles. The van der Waals surface area contributed by atoms with E-state index in [9.17, 15) is 47.9 Å². The van der Waals surface area contributed by atoms with Gasteiger partial charge >= 0.3 is 24.4 Å². The Morgan fingerprint density at radius 3 is 1.33 bits per heavy atom. The van der Waals surface area contributed by atoms with Crippen molar-refractivity contribution >= 4 is 65.7 Å². The number of aliphatic imine (C=N–C) groups is 1. The number of benzene rings is 5. The number of nitrogens with one attached hydrogen (secondary N) is 9. The minimum Gasteiger partial charge on any atom is -0.449 e. The number of unbranched alkanes of at least 4 members (excludes halogenated alkanes) is 2. The number of hydrogen-bond acceptors (Lipinski definition) is 16. The van der Waals surface area contributed by atoms with Gasteiger partial charge in [0.15, 0.2) is 11.7 Å². The molecule has 4 atom stereocenters. The predicted octanol–water partition coefficient (Wildman–Crippen LogP) is 8.19. The number of nitrogens with zero attached hydrogens (tertiary/aromatic N) is 1. The molecule has 11 N–H and O–H groups in total. The van der Waals surface area contributed by atoms with Crippen molar-refractivity contribution in [1.29, 1.82) is 0 Å². The lowest BCUT2D eigenvalue weighted by Gasteiger charge is -2.37. The molecular formula is C75H99N11O15. The summed E-state index contributed by atoms with van der Waals surface area (Å²) in [7, 11) is 0. The van der Waals surface area contributed by atoms with Gasteiger partial charge in [0.25, 0.3) is 0 Å². The van der Waals surface area contributed by atoms with Gasteiger partial charge in [-0.25, -0.2) is 19.2 Å². The summed E-state index contributed by atoms with van der Waals surface area (Å²) in [5, 5.41) is 23.5. The van der Waals surface area contributed by atoms with E-state index < -0.39 is 119 Å². The van der Waals surface area contributed by atoms with E-state index in [4.69, 9.17) is 29.4 Å². The van der Waals surface area contributed by atoms with E-state index in [-0.39, 0.29) is 83.3 Å². The first kappa shape index (κ1) is 79.6. The maximum Gasteiger partial charge on any atom is 0.414 e. The van der Waals surface area contributed by atoms with Crippen LogP contribution < -0.4 is 53.6 Å². The van der Waals surface area contributed by atoms with Gasteiger partial charge < -0.3 is 72.0 Å². The zero-order valence-corrected chi connectivity index (χ0v) is 59.4.